The molecule has 1 amide bonds. The number of nitrogens with zero attached hydrogens (tertiary/aromatic N) is 3. The van der Waals surface area contributed by atoms with Gasteiger partial charge in [-0.25, -0.2) is 0 Å². The Kier molecular flexibility index (Phi) is 8.12. The van der Waals surface area contributed by atoms with Crippen LogP contribution in [0, 0.1) is 6.92 Å². The van der Waals surface area contributed by atoms with E-state index in [1.165, 1.54) is 5.56 Å². The Morgan fingerprint density at radius 1 is 0.967 bits per heavy atom. The maximum absolute atomic E-state index is 12.2. The van der Waals surface area contributed by atoms with Crippen molar-refractivity contribution < 1.29 is 9.21 Å². The molecule has 0 saturated heterocycles. The topological polar surface area (TPSA) is 80.9 Å². The molecule has 2 heterocycles. The van der Waals surface area contributed by atoms with Crippen LogP contribution in [0.15, 0.2) is 52.9 Å². The number of rotatable bonds is 11. The lowest BCUT2D eigenvalue weighted by Gasteiger charge is -2.13. The summed E-state index contributed by atoms with van der Waals surface area (Å²) in [5, 5.41) is 11.2. The molecule has 0 spiro atoms. The molecular weight excluding hydrogens is 376 g/mol. The van der Waals surface area contributed by atoms with Crippen molar-refractivity contribution in [3.05, 3.63) is 77.3 Å². The highest BCUT2D eigenvalue weighted by atomic mass is 16.4. The van der Waals surface area contributed by atoms with Crippen LogP contribution in [0.25, 0.3) is 0 Å². The van der Waals surface area contributed by atoms with Crippen LogP contribution in [0.2, 0.25) is 0 Å². The fourth-order valence-corrected chi connectivity index (χ4v) is 3.39. The highest BCUT2D eigenvalue weighted by Gasteiger charge is 2.12. The fourth-order valence-electron chi connectivity index (χ4n) is 3.39. The number of carbonyl (C=O) groups excluding carboxylic acids is 1. The highest BCUT2D eigenvalue weighted by molar-refractivity contribution is 5.76. The van der Waals surface area contributed by atoms with Crippen molar-refractivity contribution in [2.45, 2.75) is 64.8 Å². The van der Waals surface area contributed by atoms with Gasteiger partial charge in [-0.3, -0.25) is 9.78 Å². The molecule has 0 radical (unpaired) electrons. The second-order valence-corrected chi connectivity index (χ2v) is 7.73. The van der Waals surface area contributed by atoms with Crippen molar-refractivity contribution in [1.82, 2.24) is 20.5 Å². The summed E-state index contributed by atoms with van der Waals surface area (Å²) in [5.41, 5.74) is 3.32. The summed E-state index contributed by atoms with van der Waals surface area (Å²) in [6.45, 7) is 3.96. The number of aromatic nitrogens is 3. The van der Waals surface area contributed by atoms with E-state index in [1.807, 2.05) is 38.1 Å². The van der Waals surface area contributed by atoms with Crippen molar-refractivity contribution in [3.8, 4) is 0 Å². The second kappa shape index (κ2) is 11.2. The van der Waals surface area contributed by atoms with Gasteiger partial charge < -0.3 is 9.73 Å². The van der Waals surface area contributed by atoms with Crippen molar-refractivity contribution in [3.63, 3.8) is 0 Å². The number of pyridine rings is 1. The first-order valence-electron chi connectivity index (χ1n) is 10.7. The Morgan fingerprint density at radius 3 is 2.47 bits per heavy atom. The second-order valence-electron chi connectivity index (χ2n) is 7.73. The zero-order chi connectivity index (χ0) is 21.2. The smallest absolute Gasteiger partial charge is 0.220 e. The normalized spacial score (nSPS) is 11.9. The average molecular weight is 407 g/mol. The van der Waals surface area contributed by atoms with Gasteiger partial charge in [-0.15, -0.1) is 10.2 Å². The maximum atomic E-state index is 12.2. The Hall–Kier alpha value is -3.02. The van der Waals surface area contributed by atoms with E-state index in [4.69, 9.17) is 4.42 Å². The molecule has 3 aromatic rings. The van der Waals surface area contributed by atoms with Crippen molar-refractivity contribution in [2.75, 3.05) is 0 Å². The van der Waals surface area contributed by atoms with Crippen LogP contribution in [-0.2, 0) is 30.5 Å². The number of hydrogen-bond acceptors (Lipinski definition) is 5. The van der Waals surface area contributed by atoms with Gasteiger partial charge in [0.2, 0.25) is 17.7 Å². The lowest BCUT2D eigenvalue weighted by molar-refractivity contribution is -0.121. The van der Waals surface area contributed by atoms with Gasteiger partial charge in [0, 0.05) is 43.1 Å². The van der Waals surface area contributed by atoms with Crippen molar-refractivity contribution in [2.24, 2.45) is 0 Å². The molecule has 3 rings (SSSR count). The Bertz CT molecular complexity index is 924. The van der Waals surface area contributed by atoms with Crippen LogP contribution in [0.4, 0.5) is 0 Å². The van der Waals surface area contributed by atoms with Crippen LogP contribution in [-0.4, -0.2) is 27.1 Å². The molecule has 6 heteroatoms. The molecule has 0 aliphatic rings. The molecule has 0 unspecified atom stereocenters. The largest absolute Gasteiger partial charge is 0.425 e. The molecule has 0 aliphatic heterocycles. The molecule has 158 valence electrons. The average Bonchev–Trinajstić information content (AvgIpc) is 3.18. The van der Waals surface area contributed by atoms with Gasteiger partial charge in [0.05, 0.1) is 0 Å². The van der Waals surface area contributed by atoms with Gasteiger partial charge in [0.15, 0.2) is 0 Å². The number of aryl methyl sites for hydroxylation is 4. The SMILES string of the molecule is Cc1cccc(C[C@@H](C)NC(=O)CCc2nnc(CCCCc3ccccc3)o2)n1. The minimum Gasteiger partial charge on any atom is -0.425 e. The minimum absolute atomic E-state index is 0.0160. The first-order valence-corrected chi connectivity index (χ1v) is 10.7. The van der Waals surface area contributed by atoms with Crippen molar-refractivity contribution >= 4 is 5.91 Å². The summed E-state index contributed by atoms with van der Waals surface area (Å²) in [6, 6.07) is 16.4. The quantitative estimate of drug-likeness (QED) is 0.487. The summed E-state index contributed by atoms with van der Waals surface area (Å²) >= 11 is 0. The fraction of sp³-hybridized carbons (Fsp3) is 0.417. The molecule has 0 bridgehead atoms. The molecule has 1 atom stereocenters. The predicted molar refractivity (Wildman–Crippen MR) is 116 cm³/mol. The predicted octanol–water partition coefficient (Wildman–Crippen LogP) is 4.02. The van der Waals surface area contributed by atoms with E-state index in [2.05, 4.69) is 44.8 Å². The van der Waals surface area contributed by atoms with Gasteiger partial charge in [-0.2, -0.15) is 0 Å². The first kappa shape index (κ1) is 21.7. The summed E-state index contributed by atoms with van der Waals surface area (Å²) < 4.78 is 5.69. The standard InChI is InChI=1S/C24H30N4O2/c1-18-9-8-13-21(25-18)17-19(2)26-22(29)15-16-24-28-27-23(30-24)14-7-6-12-20-10-4-3-5-11-20/h3-5,8-11,13,19H,6-7,12,14-17H2,1-2H3,(H,26,29)/t19-/m1/s1. The first-order chi connectivity index (χ1) is 14.6. The van der Waals surface area contributed by atoms with E-state index in [0.717, 1.165) is 37.1 Å². The van der Waals surface area contributed by atoms with E-state index in [0.29, 0.717) is 31.0 Å². The Morgan fingerprint density at radius 2 is 1.70 bits per heavy atom. The number of hydrogen-bond donors (Lipinski definition) is 1. The van der Waals surface area contributed by atoms with Gasteiger partial charge in [0.25, 0.3) is 0 Å². The minimum atomic E-state index is -0.0160. The van der Waals surface area contributed by atoms with Crippen LogP contribution < -0.4 is 5.32 Å². The molecule has 30 heavy (non-hydrogen) atoms. The number of nitrogens with one attached hydrogen (secondary N) is 1. The van der Waals surface area contributed by atoms with Crippen LogP contribution in [0.1, 0.15) is 54.9 Å². The molecule has 0 aliphatic carbocycles. The molecule has 0 saturated carbocycles. The summed E-state index contributed by atoms with van der Waals surface area (Å²) in [7, 11) is 0. The number of carbonyl (C=O) groups is 1. The molecule has 0 fully saturated rings. The third kappa shape index (κ3) is 7.43. The van der Waals surface area contributed by atoms with E-state index in [-0.39, 0.29) is 11.9 Å². The number of benzene rings is 1. The monoisotopic (exact) mass is 406 g/mol. The zero-order valence-corrected chi connectivity index (χ0v) is 17.8. The number of unbranched alkanes of at least 4 members (excludes halogenated alkanes) is 1. The Balaban J connectivity index is 1.33. The molecule has 1 aromatic carbocycles. The van der Waals surface area contributed by atoms with Gasteiger partial charge in [0.1, 0.15) is 0 Å². The molecule has 1 N–H and O–H groups in total. The lowest BCUT2D eigenvalue weighted by atomic mass is 10.1. The van der Waals surface area contributed by atoms with E-state index in [9.17, 15) is 4.79 Å². The van der Waals surface area contributed by atoms with E-state index < -0.39 is 0 Å². The van der Waals surface area contributed by atoms with E-state index in [1.54, 1.807) is 0 Å². The highest BCUT2D eigenvalue weighted by Crippen LogP contribution is 2.10. The Labute approximate surface area is 178 Å². The third-order valence-corrected chi connectivity index (χ3v) is 4.89. The lowest BCUT2D eigenvalue weighted by Crippen LogP contribution is -2.34. The van der Waals surface area contributed by atoms with Crippen molar-refractivity contribution in [1.29, 1.82) is 0 Å². The summed E-state index contributed by atoms with van der Waals surface area (Å²) in [4.78, 5) is 16.7. The van der Waals surface area contributed by atoms with Crippen LogP contribution in [0.3, 0.4) is 0 Å². The summed E-state index contributed by atoms with van der Waals surface area (Å²) in [6.07, 6.45) is 5.41. The summed E-state index contributed by atoms with van der Waals surface area (Å²) in [5.74, 6) is 1.16. The molecular formula is C24H30N4O2. The van der Waals surface area contributed by atoms with E-state index >= 15 is 0 Å². The third-order valence-electron chi connectivity index (χ3n) is 4.89. The number of amides is 1. The van der Waals surface area contributed by atoms with Gasteiger partial charge >= 0.3 is 0 Å². The van der Waals surface area contributed by atoms with Crippen LogP contribution in [0.5, 0.6) is 0 Å². The zero-order valence-electron chi connectivity index (χ0n) is 17.8. The maximum Gasteiger partial charge on any atom is 0.220 e. The molecule has 2 aromatic heterocycles. The van der Waals surface area contributed by atoms with Gasteiger partial charge in [-0.05, 0) is 50.8 Å². The van der Waals surface area contributed by atoms with Crippen LogP contribution >= 0.6 is 0 Å². The molecule has 6 nitrogen and oxygen atoms in total. The van der Waals surface area contributed by atoms with Gasteiger partial charge in [-0.1, -0.05) is 36.4 Å².